The Kier molecular flexibility index (Phi) is 6.69. The van der Waals surface area contributed by atoms with Crippen molar-refractivity contribution in [1.82, 2.24) is 9.80 Å². The summed E-state index contributed by atoms with van der Waals surface area (Å²) in [5, 5.41) is 0. The minimum atomic E-state index is -3.83. The number of rotatable bonds is 5. The van der Waals surface area contributed by atoms with Gasteiger partial charge in [0.1, 0.15) is 0 Å². The van der Waals surface area contributed by atoms with Crippen LogP contribution in [0, 0.1) is 19.8 Å². The van der Waals surface area contributed by atoms with Crippen molar-refractivity contribution in [3.63, 3.8) is 0 Å². The summed E-state index contributed by atoms with van der Waals surface area (Å²) in [4.78, 5) is 28.8. The Morgan fingerprint density at radius 2 is 1.48 bits per heavy atom. The van der Waals surface area contributed by atoms with Gasteiger partial charge in [0.05, 0.1) is 4.90 Å². The van der Waals surface area contributed by atoms with E-state index < -0.39 is 10.0 Å². The molecule has 1 fully saturated rings. The van der Waals surface area contributed by atoms with Crippen molar-refractivity contribution in [1.29, 1.82) is 0 Å². The molecular weight excluding hydrogens is 414 g/mol. The van der Waals surface area contributed by atoms with Gasteiger partial charge in [-0.25, -0.2) is 8.42 Å². The van der Waals surface area contributed by atoms with Crippen molar-refractivity contribution >= 4 is 27.5 Å². The van der Waals surface area contributed by atoms with Crippen LogP contribution in [0.2, 0.25) is 0 Å². The van der Waals surface area contributed by atoms with E-state index >= 15 is 0 Å². The molecule has 0 atom stereocenters. The zero-order valence-corrected chi connectivity index (χ0v) is 19.2. The van der Waals surface area contributed by atoms with Gasteiger partial charge < -0.3 is 9.80 Å². The molecule has 2 amide bonds. The standard InChI is InChI=1S/C23H29N3O4S/c1-16(2)22(27)25-11-13-26(14-12-25)23(28)21-15-20(10-7-18(21)4)31(29,30)24-19-8-5-17(3)6-9-19/h5-10,15-16,24H,11-14H2,1-4H3. The third-order valence-corrected chi connectivity index (χ3v) is 6.80. The first-order valence-electron chi connectivity index (χ1n) is 10.4. The predicted molar refractivity (Wildman–Crippen MR) is 120 cm³/mol. The molecule has 1 aliphatic heterocycles. The second-order valence-corrected chi connectivity index (χ2v) is 9.90. The molecule has 31 heavy (non-hydrogen) atoms. The topological polar surface area (TPSA) is 86.8 Å². The molecule has 1 heterocycles. The normalized spacial score (nSPS) is 14.6. The van der Waals surface area contributed by atoms with Gasteiger partial charge in [0.15, 0.2) is 0 Å². The van der Waals surface area contributed by atoms with E-state index in [1.54, 1.807) is 34.9 Å². The van der Waals surface area contributed by atoms with Crippen LogP contribution in [-0.2, 0) is 14.8 Å². The lowest BCUT2D eigenvalue weighted by Crippen LogP contribution is -2.51. The van der Waals surface area contributed by atoms with Gasteiger partial charge in [0.25, 0.3) is 15.9 Å². The van der Waals surface area contributed by atoms with Gasteiger partial charge in [-0.15, -0.1) is 0 Å². The number of piperazine rings is 1. The average molecular weight is 444 g/mol. The molecule has 0 aromatic heterocycles. The summed E-state index contributed by atoms with van der Waals surface area (Å²) in [6, 6.07) is 11.6. The van der Waals surface area contributed by atoms with Crippen LogP contribution in [0.25, 0.3) is 0 Å². The van der Waals surface area contributed by atoms with Crippen LogP contribution in [0.4, 0.5) is 5.69 Å². The van der Waals surface area contributed by atoms with Crippen molar-refractivity contribution < 1.29 is 18.0 Å². The Morgan fingerprint density at radius 3 is 2.06 bits per heavy atom. The first-order chi connectivity index (χ1) is 14.6. The number of nitrogens with one attached hydrogen (secondary N) is 1. The Balaban J connectivity index is 1.77. The maximum absolute atomic E-state index is 13.1. The molecule has 2 aromatic carbocycles. The molecule has 0 spiro atoms. The van der Waals surface area contributed by atoms with Crippen LogP contribution in [0.15, 0.2) is 47.4 Å². The molecule has 0 radical (unpaired) electrons. The summed E-state index contributed by atoms with van der Waals surface area (Å²) in [5.41, 5.74) is 2.56. The molecule has 1 aliphatic rings. The fraction of sp³-hybridized carbons (Fsp3) is 0.391. The maximum Gasteiger partial charge on any atom is 0.261 e. The van der Waals surface area contributed by atoms with Crippen LogP contribution in [-0.4, -0.2) is 56.2 Å². The van der Waals surface area contributed by atoms with Gasteiger partial charge in [-0.3, -0.25) is 14.3 Å². The van der Waals surface area contributed by atoms with Gasteiger partial charge in [-0.05, 0) is 43.7 Å². The number of amides is 2. The van der Waals surface area contributed by atoms with Crippen LogP contribution >= 0.6 is 0 Å². The summed E-state index contributed by atoms with van der Waals surface area (Å²) < 4.78 is 28.3. The average Bonchev–Trinajstić information content (AvgIpc) is 2.74. The highest BCUT2D eigenvalue weighted by molar-refractivity contribution is 7.92. The number of nitrogens with zero attached hydrogens (tertiary/aromatic N) is 2. The van der Waals surface area contributed by atoms with Crippen molar-refractivity contribution in [2.75, 3.05) is 30.9 Å². The summed E-state index contributed by atoms with van der Waals surface area (Å²) in [6.07, 6.45) is 0. The second-order valence-electron chi connectivity index (χ2n) is 8.22. The number of hydrogen-bond donors (Lipinski definition) is 1. The van der Waals surface area contributed by atoms with Crippen LogP contribution < -0.4 is 4.72 Å². The smallest absolute Gasteiger partial charge is 0.261 e. The first-order valence-corrected chi connectivity index (χ1v) is 11.8. The summed E-state index contributed by atoms with van der Waals surface area (Å²) in [6.45, 7) is 9.25. The molecule has 0 aliphatic carbocycles. The fourth-order valence-corrected chi connectivity index (χ4v) is 4.58. The molecular formula is C23H29N3O4S. The molecule has 0 bridgehead atoms. The van der Waals surface area contributed by atoms with E-state index in [2.05, 4.69) is 4.72 Å². The molecule has 0 unspecified atom stereocenters. The third-order valence-electron chi connectivity index (χ3n) is 5.43. The molecule has 166 valence electrons. The van der Waals surface area contributed by atoms with Crippen LogP contribution in [0.1, 0.15) is 35.3 Å². The van der Waals surface area contributed by atoms with Crippen LogP contribution in [0.3, 0.4) is 0 Å². The number of hydrogen-bond acceptors (Lipinski definition) is 4. The third kappa shape index (κ3) is 5.25. The lowest BCUT2D eigenvalue weighted by molar-refractivity contribution is -0.135. The number of benzene rings is 2. The molecule has 1 saturated heterocycles. The Labute approximate surface area is 184 Å². The second kappa shape index (κ2) is 9.09. The molecule has 7 nitrogen and oxygen atoms in total. The van der Waals surface area contributed by atoms with Crippen LogP contribution in [0.5, 0.6) is 0 Å². The number of sulfonamides is 1. The fourth-order valence-electron chi connectivity index (χ4n) is 3.50. The van der Waals surface area contributed by atoms with E-state index in [1.807, 2.05) is 32.9 Å². The van der Waals surface area contributed by atoms with Gasteiger partial charge in [-0.2, -0.15) is 0 Å². The van der Waals surface area contributed by atoms with Gasteiger partial charge in [-0.1, -0.05) is 37.6 Å². The van der Waals surface area contributed by atoms with E-state index in [1.165, 1.54) is 12.1 Å². The van der Waals surface area contributed by atoms with E-state index in [0.717, 1.165) is 5.56 Å². The Hall–Kier alpha value is -2.87. The number of carbonyl (C=O) groups excluding carboxylic acids is 2. The predicted octanol–water partition coefficient (Wildman–Crippen LogP) is 3.04. The highest BCUT2D eigenvalue weighted by Gasteiger charge is 2.27. The van der Waals surface area contributed by atoms with Crippen molar-refractivity contribution in [3.05, 3.63) is 59.2 Å². The monoisotopic (exact) mass is 443 g/mol. The van der Waals surface area contributed by atoms with Crippen molar-refractivity contribution in [2.24, 2.45) is 5.92 Å². The van der Waals surface area contributed by atoms with Crippen molar-refractivity contribution in [2.45, 2.75) is 32.6 Å². The lowest BCUT2D eigenvalue weighted by atomic mass is 10.1. The molecule has 0 saturated carbocycles. The van der Waals surface area contributed by atoms with Gasteiger partial charge in [0.2, 0.25) is 5.91 Å². The highest BCUT2D eigenvalue weighted by Crippen LogP contribution is 2.21. The van der Waals surface area contributed by atoms with E-state index in [4.69, 9.17) is 0 Å². The zero-order valence-electron chi connectivity index (χ0n) is 18.4. The lowest BCUT2D eigenvalue weighted by Gasteiger charge is -2.35. The Bertz CT molecular complexity index is 1070. The Morgan fingerprint density at radius 1 is 0.903 bits per heavy atom. The quantitative estimate of drug-likeness (QED) is 0.770. The number of aryl methyl sites for hydroxylation is 2. The maximum atomic E-state index is 13.1. The largest absolute Gasteiger partial charge is 0.339 e. The minimum absolute atomic E-state index is 0.0376. The molecule has 2 aromatic rings. The number of carbonyl (C=O) groups is 2. The first kappa shape index (κ1) is 22.8. The summed E-state index contributed by atoms with van der Waals surface area (Å²) in [7, 11) is -3.83. The molecule has 3 rings (SSSR count). The summed E-state index contributed by atoms with van der Waals surface area (Å²) in [5.74, 6) is -0.215. The number of anilines is 1. The van der Waals surface area contributed by atoms with Gasteiger partial charge in [0, 0.05) is 43.3 Å². The highest BCUT2D eigenvalue weighted by atomic mass is 32.2. The van der Waals surface area contributed by atoms with Crippen molar-refractivity contribution in [3.8, 4) is 0 Å². The molecule has 1 N–H and O–H groups in total. The minimum Gasteiger partial charge on any atom is -0.339 e. The zero-order chi connectivity index (χ0) is 22.8. The van der Waals surface area contributed by atoms with E-state index in [0.29, 0.717) is 43.0 Å². The van der Waals surface area contributed by atoms with E-state index in [9.17, 15) is 18.0 Å². The van der Waals surface area contributed by atoms with E-state index in [-0.39, 0.29) is 22.6 Å². The van der Waals surface area contributed by atoms with Gasteiger partial charge >= 0.3 is 0 Å². The SMILES string of the molecule is Cc1ccc(NS(=O)(=O)c2ccc(C)c(C(=O)N3CCN(C(=O)C(C)C)CC3)c2)cc1. The summed E-state index contributed by atoms with van der Waals surface area (Å²) >= 11 is 0. The molecule has 8 heteroatoms.